The van der Waals surface area contributed by atoms with Gasteiger partial charge in [-0.2, -0.15) is 4.31 Å². The van der Waals surface area contributed by atoms with Crippen LogP contribution in [0.5, 0.6) is 0 Å². The maximum absolute atomic E-state index is 12.7. The third-order valence-electron chi connectivity index (χ3n) is 4.12. The lowest BCUT2D eigenvalue weighted by molar-refractivity contribution is 0.0906. The third-order valence-corrected chi connectivity index (χ3v) is 5.96. The summed E-state index contributed by atoms with van der Waals surface area (Å²) in [6, 6.07) is 8.09. The molecule has 0 aromatic heterocycles. The van der Waals surface area contributed by atoms with E-state index in [1.807, 2.05) is 51.0 Å². The van der Waals surface area contributed by atoms with Crippen LogP contribution in [-0.4, -0.2) is 51.8 Å². The van der Waals surface area contributed by atoms with E-state index in [0.29, 0.717) is 6.54 Å². The van der Waals surface area contributed by atoms with Gasteiger partial charge < -0.3 is 9.64 Å². The van der Waals surface area contributed by atoms with Gasteiger partial charge >= 0.3 is 0 Å². The molecule has 0 N–H and O–H groups in total. The van der Waals surface area contributed by atoms with Gasteiger partial charge in [0.1, 0.15) is 0 Å². The largest absolute Gasteiger partial charge is 0.378 e. The molecule has 1 fully saturated rings. The van der Waals surface area contributed by atoms with Crippen molar-refractivity contribution >= 4 is 15.7 Å². The van der Waals surface area contributed by atoms with Crippen LogP contribution >= 0.6 is 0 Å². The van der Waals surface area contributed by atoms with Crippen LogP contribution in [0.15, 0.2) is 24.3 Å². The Kier molecular flexibility index (Phi) is 6.06. The van der Waals surface area contributed by atoms with Crippen molar-refractivity contribution in [3.8, 4) is 0 Å². The fraction of sp³-hybridized carbons (Fsp3) is 0.647. The number of anilines is 1. The Morgan fingerprint density at radius 3 is 2.74 bits per heavy atom. The Morgan fingerprint density at radius 1 is 1.35 bits per heavy atom. The van der Waals surface area contributed by atoms with E-state index in [1.165, 1.54) is 0 Å². The van der Waals surface area contributed by atoms with E-state index in [0.717, 1.165) is 24.1 Å². The van der Waals surface area contributed by atoms with Crippen LogP contribution in [0.25, 0.3) is 0 Å². The van der Waals surface area contributed by atoms with Crippen LogP contribution in [0.1, 0.15) is 38.3 Å². The van der Waals surface area contributed by atoms with E-state index in [-0.39, 0.29) is 24.5 Å². The molecular weight excluding hydrogens is 312 g/mol. The van der Waals surface area contributed by atoms with Gasteiger partial charge in [0, 0.05) is 32.4 Å². The number of nitrogens with zero attached hydrogens (tertiary/aromatic N) is 2. The fourth-order valence-electron chi connectivity index (χ4n) is 2.92. The number of hydrogen-bond donors (Lipinski definition) is 0. The average Bonchev–Trinajstić information content (AvgIpc) is 2.97. The topological polar surface area (TPSA) is 49.9 Å². The zero-order valence-corrected chi connectivity index (χ0v) is 15.3. The monoisotopic (exact) mass is 340 g/mol. The molecule has 0 amide bonds. The normalized spacial score (nSPS) is 19.4. The van der Waals surface area contributed by atoms with Crippen molar-refractivity contribution in [1.82, 2.24) is 4.31 Å². The molecule has 0 aliphatic carbocycles. The van der Waals surface area contributed by atoms with Gasteiger partial charge in [-0.15, -0.1) is 0 Å². The van der Waals surface area contributed by atoms with E-state index >= 15 is 0 Å². The van der Waals surface area contributed by atoms with Gasteiger partial charge in [-0.1, -0.05) is 12.1 Å². The number of rotatable bonds is 7. The molecule has 1 aliphatic rings. The minimum absolute atomic E-state index is 0.0506. The van der Waals surface area contributed by atoms with Crippen molar-refractivity contribution in [1.29, 1.82) is 0 Å². The van der Waals surface area contributed by atoms with Crippen LogP contribution in [0.2, 0.25) is 0 Å². The molecule has 1 aromatic carbocycles. The molecule has 0 unspecified atom stereocenters. The molecule has 2 rings (SSSR count). The van der Waals surface area contributed by atoms with Crippen molar-refractivity contribution in [3.63, 3.8) is 0 Å². The van der Waals surface area contributed by atoms with Crippen molar-refractivity contribution < 1.29 is 13.2 Å². The molecule has 23 heavy (non-hydrogen) atoms. The van der Waals surface area contributed by atoms with Gasteiger partial charge in [0.2, 0.25) is 10.0 Å². The van der Waals surface area contributed by atoms with Gasteiger partial charge in [-0.25, -0.2) is 8.42 Å². The average molecular weight is 340 g/mol. The standard InChI is InChI=1S/C17H28N2O3S/c1-14(2)22-11-12-23(20,21)19-10-6-9-17(19)15-7-5-8-16(13-15)18(3)4/h5,7-8,13-14,17H,6,9-12H2,1-4H3/t17-/m1/s1. The summed E-state index contributed by atoms with van der Waals surface area (Å²) in [5.74, 6) is 0.0506. The fourth-order valence-corrected chi connectivity index (χ4v) is 4.49. The highest BCUT2D eigenvalue weighted by Crippen LogP contribution is 2.35. The van der Waals surface area contributed by atoms with E-state index in [4.69, 9.17) is 4.74 Å². The second-order valence-electron chi connectivity index (χ2n) is 6.49. The van der Waals surface area contributed by atoms with Crippen LogP contribution in [0.4, 0.5) is 5.69 Å². The number of benzene rings is 1. The number of hydrogen-bond acceptors (Lipinski definition) is 4. The first kappa shape index (κ1) is 18.2. The zero-order chi connectivity index (χ0) is 17.0. The minimum Gasteiger partial charge on any atom is -0.378 e. The Labute approximate surface area is 140 Å². The third kappa shape index (κ3) is 4.68. The van der Waals surface area contributed by atoms with Crippen molar-refractivity contribution in [2.24, 2.45) is 0 Å². The lowest BCUT2D eigenvalue weighted by Gasteiger charge is -2.25. The maximum atomic E-state index is 12.7. The van der Waals surface area contributed by atoms with Gasteiger partial charge in [0.05, 0.1) is 18.5 Å². The summed E-state index contributed by atoms with van der Waals surface area (Å²) in [6.07, 6.45) is 1.83. The quantitative estimate of drug-likeness (QED) is 0.766. The molecule has 1 saturated heterocycles. The second kappa shape index (κ2) is 7.64. The minimum atomic E-state index is -3.29. The molecular formula is C17H28N2O3S. The second-order valence-corrected chi connectivity index (χ2v) is 8.53. The molecule has 6 heteroatoms. The van der Waals surface area contributed by atoms with Crippen LogP contribution in [0, 0.1) is 0 Å². The predicted octanol–water partition coefficient (Wildman–Crippen LogP) is 2.64. The smallest absolute Gasteiger partial charge is 0.216 e. The van der Waals surface area contributed by atoms with Crippen LogP contribution in [-0.2, 0) is 14.8 Å². The predicted molar refractivity (Wildman–Crippen MR) is 94.3 cm³/mol. The molecule has 0 radical (unpaired) electrons. The summed E-state index contributed by atoms with van der Waals surface area (Å²) in [4.78, 5) is 2.04. The molecule has 1 atom stereocenters. The first-order valence-electron chi connectivity index (χ1n) is 8.19. The zero-order valence-electron chi connectivity index (χ0n) is 14.5. The summed E-state index contributed by atoms with van der Waals surface area (Å²) in [7, 11) is 0.692. The summed E-state index contributed by atoms with van der Waals surface area (Å²) in [6.45, 7) is 4.68. The van der Waals surface area contributed by atoms with Gasteiger partial charge in [0.25, 0.3) is 0 Å². The van der Waals surface area contributed by atoms with E-state index in [9.17, 15) is 8.42 Å². The van der Waals surface area contributed by atoms with Gasteiger partial charge in [-0.05, 0) is 44.4 Å². The maximum Gasteiger partial charge on any atom is 0.216 e. The Balaban J connectivity index is 2.15. The van der Waals surface area contributed by atoms with E-state index in [2.05, 4.69) is 6.07 Å². The van der Waals surface area contributed by atoms with E-state index < -0.39 is 10.0 Å². The summed E-state index contributed by atoms with van der Waals surface area (Å²) >= 11 is 0. The summed E-state index contributed by atoms with van der Waals surface area (Å²) in [5.41, 5.74) is 2.16. The summed E-state index contributed by atoms with van der Waals surface area (Å²) < 4.78 is 32.4. The molecule has 1 aliphatic heterocycles. The van der Waals surface area contributed by atoms with Crippen LogP contribution < -0.4 is 4.90 Å². The first-order valence-corrected chi connectivity index (χ1v) is 9.80. The Hall–Kier alpha value is -1.11. The van der Waals surface area contributed by atoms with Crippen molar-refractivity contribution in [3.05, 3.63) is 29.8 Å². The molecule has 1 aromatic rings. The van der Waals surface area contributed by atoms with Gasteiger partial charge in [0.15, 0.2) is 0 Å². The highest BCUT2D eigenvalue weighted by molar-refractivity contribution is 7.89. The summed E-state index contributed by atoms with van der Waals surface area (Å²) in [5, 5.41) is 0. The SMILES string of the molecule is CC(C)OCCS(=O)(=O)N1CCC[C@@H]1c1cccc(N(C)C)c1. The molecule has 1 heterocycles. The van der Waals surface area contributed by atoms with Gasteiger partial charge in [-0.3, -0.25) is 0 Å². The van der Waals surface area contributed by atoms with Crippen molar-refractivity contribution in [2.45, 2.75) is 38.8 Å². The molecule has 0 saturated carbocycles. The molecule has 5 nitrogen and oxygen atoms in total. The highest BCUT2D eigenvalue weighted by atomic mass is 32.2. The lowest BCUT2D eigenvalue weighted by Crippen LogP contribution is -2.34. The number of sulfonamides is 1. The lowest BCUT2D eigenvalue weighted by atomic mass is 10.0. The van der Waals surface area contributed by atoms with E-state index in [1.54, 1.807) is 4.31 Å². The first-order chi connectivity index (χ1) is 10.8. The number of ether oxygens (including phenoxy) is 1. The molecule has 130 valence electrons. The van der Waals surface area contributed by atoms with Crippen LogP contribution in [0.3, 0.4) is 0 Å². The Bertz CT molecular complexity index is 614. The Morgan fingerprint density at radius 2 is 2.09 bits per heavy atom. The molecule has 0 bridgehead atoms. The molecule has 0 spiro atoms. The van der Waals surface area contributed by atoms with Crippen molar-refractivity contribution in [2.75, 3.05) is 37.9 Å². The highest BCUT2D eigenvalue weighted by Gasteiger charge is 2.34.